The number of thiophene rings is 1. The predicted molar refractivity (Wildman–Crippen MR) is 113 cm³/mol. The number of benzene rings is 2. The number of nitrogens with zero attached hydrogens (tertiary/aromatic N) is 4. The van der Waals surface area contributed by atoms with Crippen LogP contribution >= 0.6 is 11.3 Å². The Morgan fingerprint density at radius 1 is 1.17 bits per heavy atom. The zero-order valence-corrected chi connectivity index (χ0v) is 17.3. The Morgan fingerprint density at radius 2 is 2.00 bits per heavy atom. The lowest BCUT2D eigenvalue weighted by Crippen LogP contribution is -2.27. The van der Waals surface area contributed by atoms with Gasteiger partial charge in [0.15, 0.2) is 5.82 Å². The fourth-order valence-corrected chi connectivity index (χ4v) is 3.79. The van der Waals surface area contributed by atoms with Crippen molar-refractivity contribution in [2.75, 3.05) is 14.2 Å². The van der Waals surface area contributed by atoms with Gasteiger partial charge >= 0.3 is 0 Å². The van der Waals surface area contributed by atoms with Crippen LogP contribution in [0.15, 0.2) is 66.0 Å². The van der Waals surface area contributed by atoms with Crippen molar-refractivity contribution in [1.82, 2.24) is 19.7 Å². The van der Waals surface area contributed by atoms with Crippen LogP contribution in [0, 0.1) is 5.82 Å². The van der Waals surface area contributed by atoms with Crippen molar-refractivity contribution >= 4 is 17.2 Å². The highest BCUT2D eigenvalue weighted by Crippen LogP contribution is 2.26. The molecule has 0 spiro atoms. The van der Waals surface area contributed by atoms with Gasteiger partial charge in [-0.05, 0) is 35.7 Å². The molecule has 0 aliphatic rings. The van der Waals surface area contributed by atoms with Gasteiger partial charge in [-0.2, -0.15) is 0 Å². The molecule has 30 heavy (non-hydrogen) atoms. The Morgan fingerprint density at radius 3 is 2.73 bits per heavy atom. The smallest absolute Gasteiger partial charge is 0.293 e. The van der Waals surface area contributed by atoms with Gasteiger partial charge in [-0.3, -0.25) is 4.79 Å². The second-order valence-corrected chi connectivity index (χ2v) is 7.55. The molecule has 0 fully saturated rings. The van der Waals surface area contributed by atoms with Gasteiger partial charge in [0, 0.05) is 19.2 Å². The van der Waals surface area contributed by atoms with E-state index in [-0.39, 0.29) is 17.5 Å². The first-order valence-electron chi connectivity index (χ1n) is 9.21. The molecule has 8 heteroatoms. The van der Waals surface area contributed by atoms with Crippen molar-refractivity contribution < 1.29 is 13.9 Å². The summed E-state index contributed by atoms with van der Waals surface area (Å²) in [5, 5.41) is 6.32. The minimum absolute atomic E-state index is 0.0417. The monoisotopic (exact) mass is 422 g/mol. The fourth-order valence-electron chi connectivity index (χ4n) is 3.09. The summed E-state index contributed by atoms with van der Waals surface area (Å²) >= 11 is 1.47. The van der Waals surface area contributed by atoms with Gasteiger partial charge in [0.25, 0.3) is 5.91 Å². The molecule has 2 heterocycles. The van der Waals surface area contributed by atoms with Gasteiger partial charge in [-0.25, -0.2) is 14.1 Å². The summed E-state index contributed by atoms with van der Waals surface area (Å²) in [7, 11) is 3.28. The van der Waals surface area contributed by atoms with Crippen molar-refractivity contribution in [3.63, 3.8) is 0 Å². The number of halogens is 1. The minimum atomic E-state index is -0.388. The molecule has 4 rings (SSSR count). The molecule has 0 N–H and O–H groups in total. The first kappa shape index (κ1) is 19.8. The molecule has 6 nitrogen and oxygen atoms in total. The van der Waals surface area contributed by atoms with Crippen molar-refractivity contribution in [3.05, 3.63) is 83.2 Å². The first-order valence-corrected chi connectivity index (χ1v) is 10.1. The van der Waals surface area contributed by atoms with Crippen molar-refractivity contribution in [2.45, 2.75) is 6.54 Å². The molecule has 0 atom stereocenters. The first-order chi connectivity index (χ1) is 14.6. The third-order valence-corrected chi connectivity index (χ3v) is 5.41. The van der Waals surface area contributed by atoms with Crippen LogP contribution in [0.4, 0.5) is 4.39 Å². The Labute approximate surface area is 177 Å². The Hall–Kier alpha value is -3.52. The molecular weight excluding hydrogens is 403 g/mol. The summed E-state index contributed by atoms with van der Waals surface area (Å²) in [6.07, 6.45) is 0. The molecule has 0 aliphatic heterocycles. The number of amides is 1. The van der Waals surface area contributed by atoms with Crippen molar-refractivity contribution in [3.8, 4) is 22.1 Å². The Bertz CT molecular complexity index is 1170. The fraction of sp³-hybridized carbons (Fsp3) is 0.136. The maximum atomic E-state index is 13.8. The van der Waals surface area contributed by atoms with Crippen LogP contribution in [0.3, 0.4) is 0 Å². The van der Waals surface area contributed by atoms with Crippen LogP contribution in [0.2, 0.25) is 0 Å². The number of ether oxygens (including phenoxy) is 1. The normalized spacial score (nSPS) is 10.8. The van der Waals surface area contributed by atoms with Gasteiger partial charge in [-0.15, -0.1) is 16.4 Å². The largest absolute Gasteiger partial charge is 0.496 e. The predicted octanol–water partition coefficient (Wildman–Crippen LogP) is 4.42. The lowest BCUT2D eigenvalue weighted by Gasteiger charge is -2.17. The number of carbonyl (C=O) groups excluding carboxylic acids is 1. The summed E-state index contributed by atoms with van der Waals surface area (Å²) in [5.74, 6) is 0.509. The van der Waals surface area contributed by atoms with E-state index in [2.05, 4.69) is 10.1 Å². The Balaban J connectivity index is 1.68. The van der Waals surface area contributed by atoms with E-state index < -0.39 is 0 Å². The van der Waals surface area contributed by atoms with Crippen LogP contribution in [0.25, 0.3) is 16.4 Å². The van der Waals surface area contributed by atoms with E-state index in [0.29, 0.717) is 23.8 Å². The minimum Gasteiger partial charge on any atom is -0.496 e. The maximum absolute atomic E-state index is 13.8. The zero-order chi connectivity index (χ0) is 21.1. The van der Waals surface area contributed by atoms with Crippen LogP contribution < -0.4 is 4.74 Å². The van der Waals surface area contributed by atoms with E-state index in [1.54, 1.807) is 26.3 Å². The highest BCUT2D eigenvalue weighted by atomic mass is 32.1. The van der Waals surface area contributed by atoms with Crippen LogP contribution in [0.5, 0.6) is 5.75 Å². The molecule has 4 aromatic rings. The molecule has 2 aromatic heterocycles. The molecule has 0 unspecified atom stereocenters. The average molecular weight is 422 g/mol. The van der Waals surface area contributed by atoms with Gasteiger partial charge in [0.2, 0.25) is 5.82 Å². The van der Waals surface area contributed by atoms with E-state index in [1.807, 2.05) is 41.8 Å². The van der Waals surface area contributed by atoms with Crippen LogP contribution in [-0.4, -0.2) is 39.7 Å². The zero-order valence-electron chi connectivity index (χ0n) is 16.4. The molecule has 1 amide bonds. The summed E-state index contributed by atoms with van der Waals surface area (Å²) in [5.41, 5.74) is 1.37. The van der Waals surface area contributed by atoms with Gasteiger partial charge in [0.1, 0.15) is 11.6 Å². The molecule has 0 saturated heterocycles. The van der Waals surface area contributed by atoms with Crippen LogP contribution in [-0.2, 0) is 6.54 Å². The molecule has 0 saturated carbocycles. The second-order valence-electron chi connectivity index (χ2n) is 6.60. The summed E-state index contributed by atoms with van der Waals surface area (Å²) in [6, 6.07) is 17.3. The number of rotatable bonds is 6. The topological polar surface area (TPSA) is 60.2 Å². The maximum Gasteiger partial charge on any atom is 0.293 e. The Kier molecular flexibility index (Phi) is 5.58. The van der Waals surface area contributed by atoms with E-state index in [0.717, 1.165) is 10.4 Å². The van der Waals surface area contributed by atoms with Crippen molar-refractivity contribution in [1.29, 1.82) is 0 Å². The van der Waals surface area contributed by atoms with E-state index in [1.165, 1.54) is 33.1 Å². The quantitative estimate of drug-likeness (QED) is 0.462. The highest BCUT2D eigenvalue weighted by Gasteiger charge is 2.23. The second kappa shape index (κ2) is 8.46. The number of hydrogen-bond donors (Lipinski definition) is 0. The number of aromatic nitrogens is 3. The van der Waals surface area contributed by atoms with E-state index >= 15 is 0 Å². The molecule has 0 aliphatic carbocycles. The molecule has 152 valence electrons. The number of hydrogen-bond acceptors (Lipinski definition) is 5. The van der Waals surface area contributed by atoms with Gasteiger partial charge < -0.3 is 9.64 Å². The van der Waals surface area contributed by atoms with Crippen LogP contribution in [0.1, 0.15) is 16.2 Å². The van der Waals surface area contributed by atoms with Gasteiger partial charge in [-0.1, -0.05) is 30.3 Å². The average Bonchev–Trinajstić information content (AvgIpc) is 3.43. The van der Waals surface area contributed by atoms with E-state index in [4.69, 9.17) is 4.74 Å². The summed E-state index contributed by atoms with van der Waals surface area (Å²) in [4.78, 5) is 19.9. The van der Waals surface area contributed by atoms with Gasteiger partial charge in [0.05, 0.1) is 17.7 Å². The lowest BCUT2D eigenvalue weighted by molar-refractivity contribution is 0.0772. The molecule has 0 radical (unpaired) electrons. The highest BCUT2D eigenvalue weighted by molar-refractivity contribution is 7.13. The lowest BCUT2D eigenvalue weighted by atomic mass is 10.2. The number of carbonyl (C=O) groups is 1. The number of methoxy groups -OCH3 is 1. The molecule has 0 bridgehead atoms. The standard InChI is InChI=1S/C22H19FN4O2S/c1-26(14-15-7-3-4-10-18(15)29-2)22(28)20-24-21(19-11-6-12-30-19)27(25-20)17-9-5-8-16(23)13-17/h3-13H,14H2,1-2H3. The summed E-state index contributed by atoms with van der Waals surface area (Å²) in [6.45, 7) is 0.339. The third-order valence-electron chi connectivity index (χ3n) is 4.54. The summed E-state index contributed by atoms with van der Waals surface area (Å²) < 4.78 is 20.7. The third kappa shape index (κ3) is 3.95. The van der Waals surface area contributed by atoms with Crippen molar-refractivity contribution in [2.24, 2.45) is 0 Å². The SMILES string of the molecule is COc1ccccc1CN(C)C(=O)c1nc(-c2cccs2)n(-c2cccc(F)c2)n1. The molecule has 2 aromatic carbocycles. The number of para-hydroxylation sites is 1. The van der Waals surface area contributed by atoms with E-state index in [9.17, 15) is 9.18 Å². The molecular formula is C22H19FN4O2S.